The van der Waals surface area contributed by atoms with Gasteiger partial charge in [0.2, 0.25) is 6.29 Å². The van der Waals surface area contributed by atoms with E-state index in [1.54, 1.807) is 0 Å². The molecule has 1 rings (SSSR count). The van der Waals surface area contributed by atoms with Crippen molar-refractivity contribution in [1.82, 2.24) is 0 Å². The summed E-state index contributed by atoms with van der Waals surface area (Å²) in [5.74, 6) is -3.74. The summed E-state index contributed by atoms with van der Waals surface area (Å²) < 4.78 is 23.0. The van der Waals surface area contributed by atoms with Crippen molar-refractivity contribution in [3.63, 3.8) is 0 Å². The Bertz CT molecular complexity index is 708. The highest BCUT2D eigenvalue weighted by Gasteiger charge is 2.52. The first-order valence-electron chi connectivity index (χ1n) is 7.82. The van der Waals surface area contributed by atoms with Crippen molar-refractivity contribution in [3.8, 4) is 0 Å². The van der Waals surface area contributed by atoms with Crippen LogP contribution in [0.5, 0.6) is 0 Å². The van der Waals surface area contributed by atoms with Crippen molar-refractivity contribution < 1.29 is 42.9 Å². The van der Waals surface area contributed by atoms with Gasteiger partial charge < -0.3 is 23.7 Å². The lowest BCUT2D eigenvalue weighted by atomic mass is 9.97. The Balaban J connectivity index is 3.35. The average molecular weight is 477 g/mol. The second kappa shape index (κ2) is 10.7. The third-order valence-corrected chi connectivity index (χ3v) is 3.77. The fourth-order valence-corrected chi connectivity index (χ4v) is 2.47. The molecule has 15 heteroatoms. The largest absolute Gasteiger partial charge is 0.463 e. The highest BCUT2D eigenvalue weighted by molar-refractivity contribution is 6.75. The quantitative estimate of drug-likeness (QED) is 0.139. The molecule has 1 fully saturated rings. The summed E-state index contributed by atoms with van der Waals surface area (Å²) in [5.41, 5.74) is 8.86. The number of esters is 4. The zero-order chi connectivity index (χ0) is 22.4. The molecule has 0 aromatic heterocycles. The van der Waals surface area contributed by atoms with Crippen LogP contribution in [0.15, 0.2) is 5.11 Å². The number of hydrogen-bond acceptors (Lipinski definition) is 10. The molecule has 29 heavy (non-hydrogen) atoms. The maximum Gasteiger partial charge on any atom is 0.360 e. The first-order chi connectivity index (χ1) is 13.4. The predicted octanol–water partition coefficient (Wildman–Crippen LogP) is 1.73. The van der Waals surface area contributed by atoms with E-state index in [2.05, 4.69) is 10.0 Å². The Morgan fingerprint density at radius 3 is 2.00 bits per heavy atom. The van der Waals surface area contributed by atoms with Gasteiger partial charge in [-0.05, 0) is 5.53 Å². The zero-order valence-corrected chi connectivity index (χ0v) is 17.5. The highest BCUT2D eigenvalue weighted by Crippen LogP contribution is 2.33. The number of hydrogen-bond donors (Lipinski definition) is 0. The molecule has 0 amide bonds. The normalized spacial score (nSPS) is 26.5. The summed E-state index contributed by atoms with van der Waals surface area (Å²) in [6.45, 7) is 2.72. The van der Waals surface area contributed by atoms with Gasteiger partial charge in [-0.3, -0.25) is 14.4 Å². The minimum atomic E-state index is -2.50. The molecule has 12 nitrogen and oxygen atoms in total. The number of nitrogens with zero attached hydrogens (tertiary/aromatic N) is 3. The Kier molecular flexibility index (Phi) is 9.24. The topological polar surface area (TPSA) is 163 Å². The summed E-state index contributed by atoms with van der Waals surface area (Å²) in [5, 5.41) is 3.39. The molecule has 162 valence electrons. The molecule has 1 heterocycles. The van der Waals surface area contributed by atoms with Crippen LogP contribution < -0.4 is 0 Å². The molecule has 0 aliphatic carbocycles. The van der Waals surface area contributed by atoms with E-state index in [0.29, 0.717) is 0 Å². The van der Waals surface area contributed by atoms with Crippen molar-refractivity contribution in [2.45, 2.75) is 55.2 Å². The van der Waals surface area contributed by atoms with Crippen LogP contribution in [0.4, 0.5) is 0 Å². The molecule has 0 aromatic carbocycles. The number of azide groups is 1. The Morgan fingerprint density at radius 2 is 1.55 bits per heavy atom. The molecule has 0 N–H and O–H groups in total. The monoisotopic (exact) mass is 475 g/mol. The SMILES string of the molecule is CC(=O)OC[C@H]1O[C@@H](OC(=O)C(Cl)(Cl)Cl)[C@H](N=[N+]=[N-])[C@@H](OC(C)=O)[C@@H]1OC(C)=O. The van der Waals surface area contributed by atoms with Gasteiger partial charge in [-0.2, -0.15) is 0 Å². The molecule has 1 saturated heterocycles. The average Bonchev–Trinajstić information content (AvgIpc) is 2.56. The third kappa shape index (κ3) is 7.75. The number of alkyl halides is 3. The predicted molar refractivity (Wildman–Crippen MR) is 95.7 cm³/mol. The van der Waals surface area contributed by atoms with Gasteiger partial charge in [-0.15, -0.1) is 0 Å². The van der Waals surface area contributed by atoms with Crippen LogP contribution in [-0.4, -0.2) is 64.9 Å². The lowest BCUT2D eigenvalue weighted by Gasteiger charge is -2.43. The van der Waals surface area contributed by atoms with E-state index in [1.807, 2.05) is 0 Å². The van der Waals surface area contributed by atoms with Crippen molar-refractivity contribution in [1.29, 1.82) is 0 Å². The highest BCUT2D eigenvalue weighted by atomic mass is 35.6. The van der Waals surface area contributed by atoms with Gasteiger partial charge in [0.25, 0.3) is 3.79 Å². The smallest absolute Gasteiger partial charge is 0.360 e. The van der Waals surface area contributed by atoms with Crippen LogP contribution in [0.25, 0.3) is 10.4 Å². The van der Waals surface area contributed by atoms with Crippen molar-refractivity contribution in [2.24, 2.45) is 5.11 Å². The minimum absolute atomic E-state index is 0.490. The van der Waals surface area contributed by atoms with E-state index in [1.165, 1.54) is 0 Å². The molecule has 0 saturated carbocycles. The Morgan fingerprint density at radius 1 is 1.00 bits per heavy atom. The summed E-state index contributed by atoms with van der Waals surface area (Å²) in [4.78, 5) is 48.8. The summed E-state index contributed by atoms with van der Waals surface area (Å²) >= 11 is 16.4. The first-order valence-corrected chi connectivity index (χ1v) is 8.95. The summed E-state index contributed by atoms with van der Waals surface area (Å²) in [6, 6.07) is -1.53. The molecule has 1 aliphatic rings. The van der Waals surface area contributed by atoms with Gasteiger partial charge in [0.05, 0.1) is 0 Å². The fraction of sp³-hybridized carbons (Fsp3) is 0.714. The van der Waals surface area contributed by atoms with Crippen molar-refractivity contribution >= 4 is 58.7 Å². The Labute approximate surface area is 179 Å². The number of rotatable bonds is 6. The maximum absolute atomic E-state index is 11.9. The van der Waals surface area contributed by atoms with Crippen LogP contribution in [0.2, 0.25) is 0 Å². The second-order valence-electron chi connectivity index (χ2n) is 5.59. The first kappa shape index (κ1) is 25.1. The maximum atomic E-state index is 11.9. The molecule has 0 aromatic rings. The molecule has 0 spiro atoms. The molecular weight excluding hydrogens is 461 g/mol. The van der Waals surface area contributed by atoms with Crippen molar-refractivity contribution in [2.75, 3.05) is 6.61 Å². The molecule has 5 atom stereocenters. The molecule has 1 aliphatic heterocycles. The van der Waals surface area contributed by atoms with Gasteiger partial charge in [-0.1, -0.05) is 39.9 Å². The lowest BCUT2D eigenvalue weighted by molar-refractivity contribution is -0.267. The van der Waals surface area contributed by atoms with Crippen LogP contribution in [0.1, 0.15) is 20.8 Å². The van der Waals surface area contributed by atoms with Crippen LogP contribution in [0, 0.1) is 0 Å². The van der Waals surface area contributed by atoms with Gasteiger partial charge in [0.1, 0.15) is 18.8 Å². The van der Waals surface area contributed by atoms with Gasteiger partial charge >= 0.3 is 23.9 Å². The second-order valence-corrected chi connectivity index (χ2v) is 7.87. The number of carbonyl (C=O) groups is 4. The standard InChI is InChI=1S/C14H16Cl3N3O9/c1-5(21)25-4-8-10(26-6(2)22)11(27-7(3)23)9(19-20-18)12(28-8)29-13(24)14(15,16)17/h8-12H,4H2,1-3H3/t8-,9-,10-,11-,12+/m1/s1. The fourth-order valence-electron chi connectivity index (χ4n) is 2.34. The van der Waals surface area contributed by atoms with Gasteiger partial charge in [0, 0.05) is 25.7 Å². The van der Waals surface area contributed by atoms with E-state index < -0.39 is 64.9 Å². The molecule has 0 bridgehead atoms. The van der Waals surface area contributed by atoms with Gasteiger partial charge in [0.15, 0.2) is 12.2 Å². The van der Waals surface area contributed by atoms with E-state index in [-0.39, 0.29) is 0 Å². The van der Waals surface area contributed by atoms with Crippen LogP contribution >= 0.6 is 34.8 Å². The number of ether oxygens (including phenoxy) is 5. The van der Waals surface area contributed by atoms with E-state index >= 15 is 0 Å². The number of carbonyl (C=O) groups excluding carboxylic acids is 4. The van der Waals surface area contributed by atoms with Gasteiger partial charge in [-0.25, -0.2) is 4.79 Å². The lowest BCUT2D eigenvalue weighted by Crippen LogP contribution is -2.61. The van der Waals surface area contributed by atoms with Crippen LogP contribution in [0.3, 0.4) is 0 Å². The third-order valence-electron chi connectivity index (χ3n) is 3.31. The summed E-state index contributed by atoms with van der Waals surface area (Å²) in [7, 11) is 0. The summed E-state index contributed by atoms with van der Waals surface area (Å²) in [6.07, 6.45) is -5.88. The Hall–Kier alpha value is -1.98. The van der Waals surface area contributed by atoms with E-state index in [0.717, 1.165) is 20.8 Å². The minimum Gasteiger partial charge on any atom is -0.463 e. The van der Waals surface area contributed by atoms with E-state index in [4.69, 9.17) is 64.0 Å². The number of halogens is 3. The van der Waals surface area contributed by atoms with Crippen LogP contribution in [-0.2, 0) is 42.9 Å². The molecule has 0 radical (unpaired) electrons. The van der Waals surface area contributed by atoms with E-state index in [9.17, 15) is 19.2 Å². The zero-order valence-electron chi connectivity index (χ0n) is 15.2. The molecular formula is C14H16Cl3N3O9. The molecule has 0 unspecified atom stereocenters. The van der Waals surface area contributed by atoms with Crippen molar-refractivity contribution in [3.05, 3.63) is 10.4 Å².